The molecular formula is C9H8BrN5O2S. The van der Waals surface area contributed by atoms with Gasteiger partial charge in [-0.3, -0.25) is 10.1 Å². The van der Waals surface area contributed by atoms with Gasteiger partial charge in [0.25, 0.3) is 0 Å². The van der Waals surface area contributed by atoms with Crippen molar-refractivity contribution in [2.45, 2.75) is 6.54 Å². The average molecular weight is 330 g/mol. The van der Waals surface area contributed by atoms with Crippen molar-refractivity contribution in [3.8, 4) is 0 Å². The van der Waals surface area contributed by atoms with Crippen LogP contribution in [0.4, 0.5) is 17.5 Å². The summed E-state index contributed by atoms with van der Waals surface area (Å²) < 4.78 is 0.973. The monoisotopic (exact) mass is 329 g/mol. The Morgan fingerprint density at radius 2 is 2.39 bits per heavy atom. The van der Waals surface area contributed by atoms with Gasteiger partial charge >= 0.3 is 5.69 Å². The zero-order valence-electron chi connectivity index (χ0n) is 8.96. The summed E-state index contributed by atoms with van der Waals surface area (Å²) in [7, 11) is 0. The van der Waals surface area contributed by atoms with Crippen molar-refractivity contribution in [3.63, 3.8) is 0 Å². The Morgan fingerprint density at radius 1 is 1.61 bits per heavy atom. The fourth-order valence-corrected chi connectivity index (χ4v) is 2.66. The molecule has 94 valence electrons. The minimum atomic E-state index is -0.549. The Kier molecular flexibility index (Phi) is 3.72. The quantitative estimate of drug-likeness (QED) is 0.658. The number of rotatable bonds is 4. The summed E-state index contributed by atoms with van der Waals surface area (Å²) in [4.78, 5) is 18.7. The third-order valence-corrected chi connectivity index (χ3v) is 3.73. The van der Waals surface area contributed by atoms with Crippen LogP contribution in [0.15, 0.2) is 22.1 Å². The molecule has 0 amide bonds. The number of nitro groups is 1. The number of nitrogens with two attached hydrogens (primary N) is 1. The van der Waals surface area contributed by atoms with Crippen molar-refractivity contribution in [1.29, 1.82) is 0 Å². The molecule has 2 aromatic heterocycles. The zero-order valence-corrected chi connectivity index (χ0v) is 11.4. The molecule has 0 radical (unpaired) electrons. The summed E-state index contributed by atoms with van der Waals surface area (Å²) in [5.74, 6) is 0.118. The lowest BCUT2D eigenvalue weighted by Crippen LogP contribution is -2.06. The zero-order chi connectivity index (χ0) is 13.1. The Labute approximate surface area is 114 Å². The van der Waals surface area contributed by atoms with Gasteiger partial charge in [-0.2, -0.15) is 4.98 Å². The molecule has 0 saturated heterocycles. The number of aromatic nitrogens is 2. The minimum absolute atomic E-state index is 0.00420. The van der Waals surface area contributed by atoms with Crippen molar-refractivity contribution in [1.82, 2.24) is 9.97 Å². The van der Waals surface area contributed by atoms with Crippen LogP contribution in [0.1, 0.15) is 4.88 Å². The smallest absolute Gasteiger partial charge is 0.329 e. The van der Waals surface area contributed by atoms with E-state index in [0.717, 1.165) is 15.5 Å². The van der Waals surface area contributed by atoms with Crippen molar-refractivity contribution < 1.29 is 4.92 Å². The SMILES string of the molecule is Nc1ncc([N+](=O)[O-])c(NCc2cc(Br)cs2)n1. The molecule has 3 N–H and O–H groups in total. The number of thiophene rings is 1. The largest absolute Gasteiger partial charge is 0.368 e. The van der Waals surface area contributed by atoms with Crippen LogP contribution in [0.5, 0.6) is 0 Å². The fourth-order valence-electron chi connectivity index (χ4n) is 1.27. The van der Waals surface area contributed by atoms with E-state index >= 15 is 0 Å². The van der Waals surface area contributed by atoms with Crippen LogP contribution in [0.25, 0.3) is 0 Å². The molecular weight excluding hydrogens is 322 g/mol. The summed E-state index contributed by atoms with van der Waals surface area (Å²) >= 11 is 4.87. The van der Waals surface area contributed by atoms with E-state index in [1.807, 2.05) is 11.4 Å². The van der Waals surface area contributed by atoms with Crippen molar-refractivity contribution in [3.05, 3.63) is 37.1 Å². The third kappa shape index (κ3) is 2.93. The first-order valence-corrected chi connectivity index (χ1v) is 6.47. The number of nitrogens with one attached hydrogen (secondary N) is 1. The van der Waals surface area contributed by atoms with Gasteiger partial charge in [0.15, 0.2) is 0 Å². The first kappa shape index (κ1) is 12.7. The second-order valence-electron chi connectivity index (χ2n) is 3.30. The predicted octanol–water partition coefficient (Wildman–Crippen LogP) is 2.40. The molecule has 9 heteroatoms. The van der Waals surface area contributed by atoms with Gasteiger partial charge in [-0.15, -0.1) is 11.3 Å². The lowest BCUT2D eigenvalue weighted by Gasteiger charge is -2.04. The topological polar surface area (TPSA) is 107 Å². The highest BCUT2D eigenvalue weighted by molar-refractivity contribution is 9.10. The summed E-state index contributed by atoms with van der Waals surface area (Å²) in [6.07, 6.45) is 1.09. The molecule has 2 heterocycles. The van der Waals surface area contributed by atoms with Gasteiger partial charge in [-0.05, 0) is 22.0 Å². The van der Waals surface area contributed by atoms with Gasteiger partial charge in [0.05, 0.1) is 11.5 Å². The van der Waals surface area contributed by atoms with Crippen LogP contribution in [0, 0.1) is 10.1 Å². The highest BCUT2D eigenvalue weighted by Crippen LogP contribution is 2.24. The van der Waals surface area contributed by atoms with Crippen molar-refractivity contribution >= 4 is 44.7 Å². The minimum Gasteiger partial charge on any atom is -0.368 e. The van der Waals surface area contributed by atoms with E-state index in [9.17, 15) is 10.1 Å². The van der Waals surface area contributed by atoms with E-state index in [-0.39, 0.29) is 17.5 Å². The Balaban J connectivity index is 2.17. The molecule has 18 heavy (non-hydrogen) atoms. The van der Waals surface area contributed by atoms with Gasteiger partial charge in [0, 0.05) is 14.7 Å². The summed E-state index contributed by atoms with van der Waals surface area (Å²) in [5.41, 5.74) is 5.22. The van der Waals surface area contributed by atoms with Gasteiger partial charge in [-0.25, -0.2) is 4.98 Å². The second kappa shape index (κ2) is 5.27. The normalized spacial score (nSPS) is 10.3. The Hall–Kier alpha value is -1.74. The maximum atomic E-state index is 10.8. The molecule has 0 aliphatic heterocycles. The van der Waals surface area contributed by atoms with E-state index in [4.69, 9.17) is 5.73 Å². The van der Waals surface area contributed by atoms with Gasteiger partial charge in [0.1, 0.15) is 6.20 Å². The average Bonchev–Trinajstić information content (AvgIpc) is 2.72. The second-order valence-corrected chi connectivity index (χ2v) is 5.22. The summed E-state index contributed by atoms with van der Waals surface area (Å²) in [5, 5.41) is 15.6. The van der Waals surface area contributed by atoms with E-state index in [0.29, 0.717) is 6.54 Å². The number of anilines is 2. The van der Waals surface area contributed by atoms with E-state index < -0.39 is 4.92 Å². The number of nitrogen functional groups attached to an aromatic ring is 1. The number of nitrogens with zero attached hydrogens (tertiary/aromatic N) is 3. The molecule has 2 aromatic rings. The van der Waals surface area contributed by atoms with Gasteiger partial charge < -0.3 is 11.1 Å². The van der Waals surface area contributed by atoms with Crippen molar-refractivity contribution in [2.75, 3.05) is 11.1 Å². The van der Waals surface area contributed by atoms with Gasteiger partial charge in [0.2, 0.25) is 11.8 Å². The van der Waals surface area contributed by atoms with Crippen molar-refractivity contribution in [2.24, 2.45) is 0 Å². The molecule has 0 aromatic carbocycles. The lowest BCUT2D eigenvalue weighted by atomic mass is 10.4. The number of hydrogen-bond donors (Lipinski definition) is 2. The molecule has 2 rings (SSSR count). The molecule has 0 aliphatic carbocycles. The third-order valence-electron chi connectivity index (χ3n) is 2.04. The van der Waals surface area contributed by atoms with Crippen LogP contribution >= 0.6 is 27.3 Å². The van der Waals surface area contributed by atoms with Crippen LogP contribution < -0.4 is 11.1 Å². The fraction of sp³-hybridized carbons (Fsp3) is 0.111. The molecule has 0 bridgehead atoms. The molecule has 0 unspecified atom stereocenters. The highest BCUT2D eigenvalue weighted by Gasteiger charge is 2.16. The predicted molar refractivity (Wildman–Crippen MR) is 72.4 cm³/mol. The lowest BCUT2D eigenvalue weighted by molar-refractivity contribution is -0.384. The van der Waals surface area contributed by atoms with Crippen LogP contribution in [-0.4, -0.2) is 14.9 Å². The maximum absolute atomic E-state index is 10.8. The molecule has 0 atom stereocenters. The summed E-state index contributed by atoms with van der Waals surface area (Å²) in [6, 6.07) is 1.92. The standard InChI is InChI=1S/C9H8BrN5O2S/c10-5-1-6(18-4-5)2-12-8-7(15(16)17)3-13-9(11)14-8/h1,3-4H,2H2,(H3,11,12,13,14). The van der Waals surface area contributed by atoms with E-state index in [1.165, 1.54) is 11.3 Å². The maximum Gasteiger partial charge on any atom is 0.329 e. The number of halogens is 1. The van der Waals surface area contributed by atoms with E-state index in [2.05, 4.69) is 31.2 Å². The Morgan fingerprint density at radius 3 is 3.00 bits per heavy atom. The van der Waals surface area contributed by atoms with E-state index in [1.54, 1.807) is 0 Å². The van der Waals surface area contributed by atoms with Gasteiger partial charge in [-0.1, -0.05) is 0 Å². The molecule has 7 nitrogen and oxygen atoms in total. The summed E-state index contributed by atoms with van der Waals surface area (Å²) in [6.45, 7) is 0.438. The number of hydrogen-bond acceptors (Lipinski definition) is 7. The molecule has 0 aliphatic rings. The highest BCUT2D eigenvalue weighted by atomic mass is 79.9. The van der Waals surface area contributed by atoms with Crippen LogP contribution in [0.2, 0.25) is 0 Å². The first-order valence-electron chi connectivity index (χ1n) is 4.80. The Bertz CT molecular complexity index is 588. The molecule has 0 saturated carbocycles. The van der Waals surface area contributed by atoms with Crippen LogP contribution in [-0.2, 0) is 6.54 Å². The molecule has 0 spiro atoms. The molecule has 0 fully saturated rings. The first-order chi connectivity index (χ1) is 8.56. The van der Waals surface area contributed by atoms with Crippen LogP contribution in [0.3, 0.4) is 0 Å².